The quantitative estimate of drug-likeness (QED) is 0.346. The molecule has 3 N–H and O–H groups in total. The van der Waals surface area contributed by atoms with Gasteiger partial charge in [0.05, 0.1) is 29.6 Å². The molecule has 5 rings (SSSR count). The van der Waals surface area contributed by atoms with Crippen molar-refractivity contribution in [1.82, 2.24) is 25.0 Å². The second-order valence-corrected chi connectivity index (χ2v) is 8.02. The number of anilines is 1. The number of carbonyl (C=O) groups is 2. The molecule has 0 spiro atoms. The van der Waals surface area contributed by atoms with Crippen molar-refractivity contribution in [2.75, 3.05) is 11.9 Å². The second-order valence-electron chi connectivity index (χ2n) is 7.12. The highest BCUT2D eigenvalue weighted by atomic mass is 32.1. The highest BCUT2D eigenvalue weighted by Crippen LogP contribution is 2.37. The lowest BCUT2D eigenvalue weighted by atomic mass is 9.89. The number of rotatable bonds is 7. The van der Waals surface area contributed by atoms with Gasteiger partial charge >= 0.3 is 0 Å². The lowest BCUT2D eigenvalue weighted by Crippen LogP contribution is -2.33. The Morgan fingerprint density at radius 2 is 2.27 bits per heavy atom. The number of aromatic nitrogens is 5. The molecule has 172 valence electrons. The van der Waals surface area contributed by atoms with Crippen LogP contribution in [0.4, 0.5) is 5.69 Å². The Morgan fingerprint density at radius 3 is 2.94 bits per heavy atom. The Morgan fingerprint density at radius 1 is 1.45 bits per heavy atom. The summed E-state index contributed by atoms with van der Waals surface area (Å²) >= 11 is 1.48. The number of nitrogens with zero attached hydrogens (tertiary/aromatic N) is 4. The van der Waals surface area contributed by atoms with Gasteiger partial charge in [0.15, 0.2) is 5.76 Å². The van der Waals surface area contributed by atoms with Gasteiger partial charge in [-0.2, -0.15) is 10.2 Å². The van der Waals surface area contributed by atoms with E-state index in [1.54, 1.807) is 30.7 Å². The Labute approximate surface area is 192 Å². The molecule has 1 fully saturated rings. The van der Waals surface area contributed by atoms with Gasteiger partial charge in [0.25, 0.3) is 12.4 Å². The standard InChI is InChI=1S/C20H20N6O3S.CH2O2/c1-2-28-14-7-13(8-14)26-11-15(18(25-26)20-21-5-6-30-20)24-19(27)17-4-3-16(29-17)12-9-22-23-10-12;2-1-3/h3-6,9-11,13-14H,2,7-8H2,1H3,(H,22,23)(H,24,27);1H,(H,2,3)/t13-,14-;. The van der Waals surface area contributed by atoms with E-state index in [2.05, 4.69) is 20.5 Å². The number of carbonyl (C=O) groups excluding carboxylic acids is 1. The Balaban J connectivity index is 0.000000821. The normalized spacial score (nSPS) is 17.0. The minimum absolute atomic E-state index is 0.212. The van der Waals surface area contributed by atoms with Gasteiger partial charge < -0.3 is 19.6 Å². The van der Waals surface area contributed by atoms with Crippen molar-refractivity contribution in [2.45, 2.75) is 31.9 Å². The molecule has 0 atom stereocenters. The van der Waals surface area contributed by atoms with E-state index >= 15 is 0 Å². The molecule has 4 aromatic heterocycles. The number of nitrogens with one attached hydrogen (secondary N) is 2. The molecule has 0 aromatic carbocycles. The molecule has 0 radical (unpaired) electrons. The monoisotopic (exact) mass is 470 g/mol. The number of amides is 1. The number of carboxylic acid groups (broad SMARTS) is 1. The highest BCUT2D eigenvalue weighted by Gasteiger charge is 2.33. The lowest BCUT2D eigenvalue weighted by molar-refractivity contribution is -0.122. The summed E-state index contributed by atoms with van der Waals surface area (Å²) in [6.45, 7) is 2.47. The lowest BCUT2D eigenvalue weighted by Gasteiger charge is -2.34. The highest BCUT2D eigenvalue weighted by molar-refractivity contribution is 7.13. The first-order valence-corrected chi connectivity index (χ1v) is 11.1. The van der Waals surface area contributed by atoms with Gasteiger partial charge in [-0.1, -0.05) is 0 Å². The van der Waals surface area contributed by atoms with E-state index in [0.29, 0.717) is 23.7 Å². The zero-order valence-electron chi connectivity index (χ0n) is 17.7. The average Bonchev–Trinajstić information content (AvgIpc) is 3.57. The number of furan rings is 1. The number of thiazole rings is 1. The molecule has 11 nitrogen and oxygen atoms in total. The topological polar surface area (TPSA) is 148 Å². The van der Waals surface area contributed by atoms with Gasteiger partial charge in [-0.15, -0.1) is 11.3 Å². The number of aromatic amines is 1. The maximum absolute atomic E-state index is 12.8. The minimum atomic E-state index is -0.345. The van der Waals surface area contributed by atoms with Crippen LogP contribution in [0.5, 0.6) is 0 Å². The van der Waals surface area contributed by atoms with E-state index in [-0.39, 0.29) is 30.3 Å². The van der Waals surface area contributed by atoms with Crippen molar-refractivity contribution in [1.29, 1.82) is 0 Å². The molecule has 4 heterocycles. The van der Waals surface area contributed by atoms with Crippen LogP contribution in [-0.2, 0) is 9.53 Å². The molecular weight excluding hydrogens is 448 g/mol. The summed E-state index contributed by atoms with van der Waals surface area (Å²) in [6, 6.07) is 3.64. The van der Waals surface area contributed by atoms with Crippen LogP contribution in [0.15, 0.2) is 46.7 Å². The van der Waals surface area contributed by atoms with Crippen molar-refractivity contribution < 1.29 is 23.8 Å². The van der Waals surface area contributed by atoms with Gasteiger partial charge in [0.2, 0.25) is 0 Å². The van der Waals surface area contributed by atoms with Crippen LogP contribution in [0.3, 0.4) is 0 Å². The molecule has 1 aliphatic carbocycles. The van der Waals surface area contributed by atoms with E-state index in [0.717, 1.165) is 23.4 Å². The SMILES string of the molecule is CCO[C@H]1C[C@H](n2cc(NC(=O)c3ccc(-c4cn[nH]c4)o3)c(-c3nccs3)n2)C1.O=CO. The Kier molecular flexibility index (Phi) is 6.95. The van der Waals surface area contributed by atoms with Gasteiger partial charge in [-0.05, 0) is 31.9 Å². The molecule has 12 heteroatoms. The van der Waals surface area contributed by atoms with Crippen LogP contribution in [0.2, 0.25) is 0 Å². The molecule has 0 aliphatic heterocycles. The van der Waals surface area contributed by atoms with Gasteiger partial charge in [-0.25, -0.2) is 4.98 Å². The summed E-state index contributed by atoms with van der Waals surface area (Å²) in [7, 11) is 0. The number of H-pyrrole nitrogens is 1. The van der Waals surface area contributed by atoms with E-state index in [1.807, 2.05) is 23.2 Å². The van der Waals surface area contributed by atoms with E-state index < -0.39 is 0 Å². The smallest absolute Gasteiger partial charge is 0.291 e. The van der Waals surface area contributed by atoms with E-state index in [1.165, 1.54) is 11.3 Å². The largest absolute Gasteiger partial charge is 0.483 e. The fourth-order valence-electron chi connectivity index (χ4n) is 3.48. The average molecular weight is 471 g/mol. The fraction of sp³-hybridized carbons (Fsp3) is 0.286. The molecule has 33 heavy (non-hydrogen) atoms. The minimum Gasteiger partial charge on any atom is -0.483 e. The molecule has 1 amide bonds. The van der Waals surface area contributed by atoms with Crippen LogP contribution in [0, 0.1) is 0 Å². The van der Waals surface area contributed by atoms with Gasteiger partial charge in [-0.3, -0.25) is 19.4 Å². The first-order valence-electron chi connectivity index (χ1n) is 10.2. The molecule has 4 aromatic rings. The summed E-state index contributed by atoms with van der Waals surface area (Å²) in [5.41, 5.74) is 2.04. The Hall–Kier alpha value is -3.77. The summed E-state index contributed by atoms with van der Waals surface area (Å²) in [5.74, 6) is 0.438. The van der Waals surface area contributed by atoms with Crippen molar-refractivity contribution in [3.05, 3.63) is 48.1 Å². The zero-order chi connectivity index (χ0) is 23.2. The first kappa shape index (κ1) is 22.4. The molecule has 0 bridgehead atoms. The number of hydrogen-bond donors (Lipinski definition) is 3. The summed E-state index contributed by atoms with van der Waals surface area (Å²) in [4.78, 5) is 25.5. The molecule has 0 saturated heterocycles. The molecule has 1 aliphatic rings. The van der Waals surface area contributed by atoms with Crippen LogP contribution >= 0.6 is 11.3 Å². The van der Waals surface area contributed by atoms with Crippen molar-refractivity contribution in [3.63, 3.8) is 0 Å². The van der Waals surface area contributed by atoms with Crippen LogP contribution in [0.25, 0.3) is 22.0 Å². The first-order chi connectivity index (χ1) is 16.1. The zero-order valence-corrected chi connectivity index (χ0v) is 18.5. The third kappa shape index (κ3) is 5.02. The second kappa shape index (κ2) is 10.2. The van der Waals surface area contributed by atoms with Crippen LogP contribution < -0.4 is 5.32 Å². The fourth-order valence-corrected chi connectivity index (χ4v) is 4.11. The third-order valence-electron chi connectivity index (χ3n) is 5.07. The molecule has 0 unspecified atom stereocenters. The Bertz CT molecular complexity index is 1180. The molecule has 1 saturated carbocycles. The maximum atomic E-state index is 12.8. The maximum Gasteiger partial charge on any atom is 0.291 e. The van der Waals surface area contributed by atoms with E-state index in [9.17, 15) is 4.79 Å². The van der Waals surface area contributed by atoms with Crippen LogP contribution in [0.1, 0.15) is 36.4 Å². The predicted octanol–water partition coefficient (Wildman–Crippen LogP) is 3.68. The van der Waals surface area contributed by atoms with Gasteiger partial charge in [0.1, 0.15) is 16.5 Å². The van der Waals surface area contributed by atoms with Crippen molar-refractivity contribution in [3.8, 4) is 22.0 Å². The predicted molar refractivity (Wildman–Crippen MR) is 120 cm³/mol. The summed E-state index contributed by atoms with van der Waals surface area (Å²) < 4.78 is 13.2. The van der Waals surface area contributed by atoms with Crippen molar-refractivity contribution in [2.24, 2.45) is 0 Å². The number of hydrogen-bond acceptors (Lipinski definition) is 8. The number of ether oxygens (including phenoxy) is 1. The third-order valence-corrected chi connectivity index (χ3v) is 5.85. The van der Waals surface area contributed by atoms with Crippen molar-refractivity contribution >= 4 is 29.4 Å². The van der Waals surface area contributed by atoms with Gasteiger partial charge in [0, 0.05) is 30.6 Å². The summed E-state index contributed by atoms with van der Waals surface area (Å²) in [6.07, 6.45) is 9.02. The van der Waals surface area contributed by atoms with Crippen LogP contribution in [-0.4, -0.2) is 55.2 Å². The summed E-state index contributed by atoms with van der Waals surface area (Å²) in [5, 5.41) is 23.8. The molecular formula is C21H22N6O5S. The van der Waals surface area contributed by atoms with E-state index in [4.69, 9.17) is 24.2 Å².